The van der Waals surface area contributed by atoms with Crippen molar-refractivity contribution in [3.05, 3.63) is 0 Å². The van der Waals surface area contributed by atoms with Crippen molar-refractivity contribution in [3.63, 3.8) is 0 Å². The van der Waals surface area contributed by atoms with Crippen LogP contribution in [0, 0.1) is 5.92 Å². The molecule has 1 aliphatic heterocycles. The number of rotatable bonds is 5. The fourth-order valence-electron chi connectivity index (χ4n) is 3.39. The highest BCUT2D eigenvalue weighted by molar-refractivity contribution is 4.82. The molecule has 0 aromatic rings. The Morgan fingerprint density at radius 2 is 1.88 bits per heavy atom. The Balaban J connectivity index is 1.56. The van der Waals surface area contributed by atoms with E-state index in [2.05, 4.69) is 24.1 Å². The van der Waals surface area contributed by atoms with Gasteiger partial charge in [-0.2, -0.15) is 0 Å². The molecular weight excluding hydrogens is 208 g/mol. The predicted octanol–water partition coefficient (Wildman–Crippen LogP) is 3.03. The molecular formula is C15H30N2. The molecule has 1 N–H and O–H groups in total. The van der Waals surface area contributed by atoms with Gasteiger partial charge in [-0.1, -0.05) is 32.1 Å². The minimum absolute atomic E-state index is 0.722. The van der Waals surface area contributed by atoms with Crippen LogP contribution in [0.15, 0.2) is 0 Å². The summed E-state index contributed by atoms with van der Waals surface area (Å²) in [6, 6.07) is 1.49. The lowest BCUT2D eigenvalue weighted by Crippen LogP contribution is -2.36. The van der Waals surface area contributed by atoms with E-state index in [1.807, 2.05) is 0 Å². The number of nitrogens with zero attached hydrogens (tertiary/aromatic N) is 1. The van der Waals surface area contributed by atoms with E-state index in [1.165, 1.54) is 64.6 Å². The van der Waals surface area contributed by atoms with E-state index in [0.29, 0.717) is 0 Å². The molecule has 1 unspecified atom stereocenters. The SMILES string of the molecule is CC(C)N1CCC(NCCC2CCCCC2)C1. The van der Waals surface area contributed by atoms with Crippen molar-refractivity contribution < 1.29 is 0 Å². The van der Waals surface area contributed by atoms with Crippen LogP contribution in [0.1, 0.15) is 58.8 Å². The average Bonchev–Trinajstić information content (AvgIpc) is 2.79. The Hall–Kier alpha value is -0.0800. The molecule has 2 nitrogen and oxygen atoms in total. The lowest BCUT2D eigenvalue weighted by atomic mass is 9.87. The second-order valence-corrected chi connectivity index (χ2v) is 6.32. The largest absolute Gasteiger partial charge is 0.313 e. The molecule has 0 spiro atoms. The molecule has 1 saturated carbocycles. The number of nitrogens with one attached hydrogen (secondary N) is 1. The molecule has 1 atom stereocenters. The summed E-state index contributed by atoms with van der Waals surface area (Å²) in [4.78, 5) is 2.60. The first-order valence-corrected chi connectivity index (χ1v) is 7.73. The number of hydrogen-bond donors (Lipinski definition) is 1. The lowest BCUT2D eigenvalue weighted by molar-refractivity contribution is 0.266. The van der Waals surface area contributed by atoms with Gasteiger partial charge in [-0.25, -0.2) is 0 Å². The van der Waals surface area contributed by atoms with Crippen molar-refractivity contribution in [2.45, 2.75) is 70.9 Å². The van der Waals surface area contributed by atoms with E-state index in [-0.39, 0.29) is 0 Å². The zero-order valence-electron chi connectivity index (χ0n) is 11.8. The fraction of sp³-hybridized carbons (Fsp3) is 1.00. The zero-order valence-corrected chi connectivity index (χ0v) is 11.8. The molecule has 1 heterocycles. The normalized spacial score (nSPS) is 28.1. The number of likely N-dealkylation sites (tertiary alicyclic amines) is 1. The maximum Gasteiger partial charge on any atom is 0.0207 e. The Bertz CT molecular complexity index is 209. The van der Waals surface area contributed by atoms with E-state index in [4.69, 9.17) is 0 Å². The molecule has 2 heteroatoms. The van der Waals surface area contributed by atoms with Crippen LogP contribution in [0.4, 0.5) is 0 Å². The fourth-order valence-corrected chi connectivity index (χ4v) is 3.39. The van der Waals surface area contributed by atoms with Gasteiger partial charge in [0.05, 0.1) is 0 Å². The summed E-state index contributed by atoms with van der Waals surface area (Å²) in [5.41, 5.74) is 0. The number of hydrogen-bond acceptors (Lipinski definition) is 2. The molecule has 17 heavy (non-hydrogen) atoms. The van der Waals surface area contributed by atoms with Crippen LogP contribution in [0.25, 0.3) is 0 Å². The molecule has 2 fully saturated rings. The Labute approximate surface area is 107 Å². The maximum atomic E-state index is 3.77. The smallest absolute Gasteiger partial charge is 0.0207 e. The van der Waals surface area contributed by atoms with Gasteiger partial charge in [0, 0.05) is 18.6 Å². The van der Waals surface area contributed by atoms with Crippen molar-refractivity contribution in [1.82, 2.24) is 10.2 Å². The van der Waals surface area contributed by atoms with Crippen LogP contribution < -0.4 is 5.32 Å². The van der Waals surface area contributed by atoms with Crippen molar-refractivity contribution in [1.29, 1.82) is 0 Å². The standard InChI is InChI=1S/C15H30N2/c1-13(2)17-11-9-15(12-17)16-10-8-14-6-4-3-5-7-14/h13-16H,3-12H2,1-2H3. The molecule has 0 aromatic carbocycles. The summed E-state index contributed by atoms with van der Waals surface area (Å²) in [5.74, 6) is 1.03. The van der Waals surface area contributed by atoms with Crippen LogP contribution in [-0.4, -0.2) is 36.6 Å². The summed E-state index contributed by atoms with van der Waals surface area (Å²) < 4.78 is 0. The molecule has 1 aliphatic carbocycles. The third-order valence-corrected chi connectivity index (χ3v) is 4.66. The first kappa shape index (κ1) is 13.4. The minimum atomic E-state index is 0.722. The van der Waals surface area contributed by atoms with Gasteiger partial charge in [0.2, 0.25) is 0 Å². The summed E-state index contributed by atoms with van der Waals surface area (Å²) >= 11 is 0. The van der Waals surface area contributed by atoms with Crippen LogP contribution >= 0.6 is 0 Å². The second-order valence-electron chi connectivity index (χ2n) is 6.32. The van der Waals surface area contributed by atoms with Gasteiger partial charge in [0.1, 0.15) is 0 Å². The van der Waals surface area contributed by atoms with Crippen LogP contribution in [0.3, 0.4) is 0 Å². The van der Waals surface area contributed by atoms with Gasteiger partial charge < -0.3 is 5.32 Å². The summed E-state index contributed by atoms with van der Waals surface area (Å²) in [6.07, 6.45) is 10.2. The van der Waals surface area contributed by atoms with Gasteiger partial charge in [0.25, 0.3) is 0 Å². The minimum Gasteiger partial charge on any atom is -0.313 e. The molecule has 0 radical (unpaired) electrons. The molecule has 0 amide bonds. The van der Waals surface area contributed by atoms with Crippen molar-refractivity contribution in [3.8, 4) is 0 Å². The summed E-state index contributed by atoms with van der Waals surface area (Å²) in [7, 11) is 0. The predicted molar refractivity (Wildman–Crippen MR) is 74.3 cm³/mol. The quantitative estimate of drug-likeness (QED) is 0.792. The highest BCUT2D eigenvalue weighted by Gasteiger charge is 2.23. The van der Waals surface area contributed by atoms with Gasteiger partial charge in [-0.15, -0.1) is 0 Å². The highest BCUT2D eigenvalue weighted by Crippen LogP contribution is 2.25. The highest BCUT2D eigenvalue weighted by atomic mass is 15.2. The summed E-state index contributed by atoms with van der Waals surface area (Å²) in [5, 5.41) is 3.77. The monoisotopic (exact) mass is 238 g/mol. The van der Waals surface area contributed by atoms with E-state index < -0.39 is 0 Å². The van der Waals surface area contributed by atoms with E-state index in [9.17, 15) is 0 Å². The summed E-state index contributed by atoms with van der Waals surface area (Å²) in [6.45, 7) is 8.43. The van der Waals surface area contributed by atoms with Crippen molar-refractivity contribution >= 4 is 0 Å². The Morgan fingerprint density at radius 1 is 1.12 bits per heavy atom. The molecule has 0 bridgehead atoms. The van der Waals surface area contributed by atoms with E-state index in [0.717, 1.165) is 18.0 Å². The zero-order chi connectivity index (χ0) is 12.1. The Kier molecular flexibility index (Phi) is 5.30. The lowest BCUT2D eigenvalue weighted by Gasteiger charge is -2.23. The first-order chi connectivity index (χ1) is 8.25. The topological polar surface area (TPSA) is 15.3 Å². The van der Waals surface area contributed by atoms with E-state index >= 15 is 0 Å². The molecule has 0 aromatic heterocycles. The van der Waals surface area contributed by atoms with Gasteiger partial charge in [-0.05, 0) is 45.7 Å². The maximum absolute atomic E-state index is 3.77. The van der Waals surface area contributed by atoms with Gasteiger partial charge >= 0.3 is 0 Å². The molecule has 2 aliphatic rings. The van der Waals surface area contributed by atoms with Gasteiger partial charge in [0.15, 0.2) is 0 Å². The first-order valence-electron chi connectivity index (χ1n) is 7.73. The van der Waals surface area contributed by atoms with E-state index in [1.54, 1.807) is 0 Å². The van der Waals surface area contributed by atoms with Crippen molar-refractivity contribution in [2.24, 2.45) is 5.92 Å². The Morgan fingerprint density at radius 3 is 2.53 bits per heavy atom. The third-order valence-electron chi connectivity index (χ3n) is 4.66. The molecule has 1 saturated heterocycles. The molecule has 2 rings (SSSR count). The van der Waals surface area contributed by atoms with Crippen molar-refractivity contribution in [2.75, 3.05) is 19.6 Å². The molecule has 100 valence electrons. The van der Waals surface area contributed by atoms with Crippen LogP contribution in [0.2, 0.25) is 0 Å². The van der Waals surface area contributed by atoms with Crippen LogP contribution in [-0.2, 0) is 0 Å². The third kappa shape index (κ3) is 4.26. The second kappa shape index (κ2) is 6.75. The van der Waals surface area contributed by atoms with Gasteiger partial charge in [-0.3, -0.25) is 4.90 Å². The van der Waals surface area contributed by atoms with Crippen LogP contribution in [0.5, 0.6) is 0 Å². The average molecular weight is 238 g/mol.